The number of ether oxygens (including phenoxy) is 1. The highest BCUT2D eigenvalue weighted by Crippen LogP contribution is 2.27. The Morgan fingerprint density at radius 2 is 2.33 bits per heavy atom. The average Bonchev–Trinajstić information content (AvgIpc) is 2.26. The summed E-state index contributed by atoms with van der Waals surface area (Å²) in [6, 6.07) is 5.13. The Balaban J connectivity index is 2.72. The molecule has 0 spiro atoms. The van der Waals surface area contributed by atoms with Crippen molar-refractivity contribution in [3.8, 4) is 11.5 Å². The Hall–Kier alpha value is -1.75. The summed E-state index contributed by atoms with van der Waals surface area (Å²) in [5.41, 5.74) is 3.17. The first kappa shape index (κ1) is 11.3. The van der Waals surface area contributed by atoms with E-state index in [4.69, 9.17) is 9.84 Å². The first-order valence-corrected chi connectivity index (χ1v) is 4.52. The summed E-state index contributed by atoms with van der Waals surface area (Å²) in [7, 11) is 1.49. The molecule has 0 radical (unpaired) electrons. The Bertz CT molecular complexity index is 339. The zero-order valence-electron chi connectivity index (χ0n) is 8.47. The van der Waals surface area contributed by atoms with Gasteiger partial charge in [0, 0.05) is 5.56 Å². The van der Waals surface area contributed by atoms with E-state index in [0.717, 1.165) is 0 Å². The molecule has 0 atom stereocenters. The van der Waals surface area contributed by atoms with Gasteiger partial charge in [0.25, 0.3) is 0 Å². The van der Waals surface area contributed by atoms with Crippen molar-refractivity contribution in [3.63, 3.8) is 0 Å². The van der Waals surface area contributed by atoms with E-state index < -0.39 is 0 Å². The molecule has 5 heteroatoms. The van der Waals surface area contributed by atoms with Gasteiger partial charge in [-0.3, -0.25) is 0 Å². The van der Waals surface area contributed by atoms with Crippen molar-refractivity contribution in [2.24, 2.45) is 5.10 Å². The van der Waals surface area contributed by atoms with E-state index in [0.29, 0.717) is 17.9 Å². The quantitative estimate of drug-likeness (QED) is 0.371. The summed E-state index contributed by atoms with van der Waals surface area (Å²) < 4.78 is 4.94. The van der Waals surface area contributed by atoms with Crippen LogP contribution in [0.25, 0.3) is 0 Å². The van der Waals surface area contributed by atoms with Crippen LogP contribution in [-0.4, -0.2) is 36.7 Å². The molecule has 15 heavy (non-hydrogen) atoms. The zero-order valence-corrected chi connectivity index (χ0v) is 8.47. The summed E-state index contributed by atoms with van der Waals surface area (Å²) in [5, 5.41) is 22.0. The van der Waals surface area contributed by atoms with Gasteiger partial charge >= 0.3 is 0 Å². The fraction of sp³-hybridized carbons (Fsp3) is 0.300. The molecule has 0 bridgehead atoms. The number of phenolic OH excluding ortho intramolecular Hbond substituents is 1. The van der Waals surface area contributed by atoms with Crippen molar-refractivity contribution >= 4 is 6.21 Å². The molecule has 3 N–H and O–H groups in total. The van der Waals surface area contributed by atoms with Crippen molar-refractivity contribution in [3.05, 3.63) is 23.8 Å². The highest BCUT2D eigenvalue weighted by molar-refractivity contribution is 5.84. The van der Waals surface area contributed by atoms with E-state index >= 15 is 0 Å². The molecule has 0 aliphatic heterocycles. The number of hydrogen-bond acceptors (Lipinski definition) is 5. The largest absolute Gasteiger partial charge is 0.504 e. The van der Waals surface area contributed by atoms with E-state index in [9.17, 15) is 5.11 Å². The Labute approximate surface area is 88.0 Å². The molecule has 0 aromatic heterocycles. The standard InChI is InChI=1S/C10H14N2O3/c1-15-9-4-2-3-8(10(9)14)7-12-11-5-6-13/h2-4,7,11,13-14H,5-6H2,1H3. The molecule has 0 amide bonds. The molecule has 0 heterocycles. The summed E-state index contributed by atoms with van der Waals surface area (Å²) in [5.74, 6) is 0.454. The van der Waals surface area contributed by atoms with Crippen LogP contribution in [0.5, 0.6) is 11.5 Å². The third kappa shape index (κ3) is 3.14. The van der Waals surface area contributed by atoms with E-state index in [-0.39, 0.29) is 12.4 Å². The van der Waals surface area contributed by atoms with Crippen molar-refractivity contribution < 1.29 is 14.9 Å². The van der Waals surface area contributed by atoms with Crippen LogP contribution in [0.3, 0.4) is 0 Å². The lowest BCUT2D eigenvalue weighted by atomic mass is 10.2. The fourth-order valence-electron chi connectivity index (χ4n) is 1.04. The van der Waals surface area contributed by atoms with Crippen molar-refractivity contribution in [1.82, 2.24) is 5.43 Å². The molecule has 0 saturated heterocycles. The molecular formula is C10H14N2O3. The first-order chi connectivity index (χ1) is 7.29. The zero-order chi connectivity index (χ0) is 11.1. The number of phenols is 1. The van der Waals surface area contributed by atoms with E-state index in [1.165, 1.54) is 13.3 Å². The highest BCUT2D eigenvalue weighted by Gasteiger charge is 2.04. The Morgan fingerprint density at radius 1 is 1.53 bits per heavy atom. The summed E-state index contributed by atoms with van der Waals surface area (Å²) in [6.45, 7) is 0.392. The van der Waals surface area contributed by atoms with Crippen molar-refractivity contribution in [2.45, 2.75) is 0 Å². The maximum atomic E-state index is 9.65. The third-order valence-corrected chi connectivity index (χ3v) is 1.77. The lowest BCUT2D eigenvalue weighted by molar-refractivity contribution is 0.294. The van der Waals surface area contributed by atoms with Gasteiger partial charge in [-0.15, -0.1) is 0 Å². The molecular weight excluding hydrogens is 196 g/mol. The number of aliphatic hydroxyl groups excluding tert-OH is 1. The lowest BCUT2D eigenvalue weighted by Gasteiger charge is -2.04. The number of nitrogens with one attached hydrogen (secondary N) is 1. The predicted molar refractivity (Wildman–Crippen MR) is 57.3 cm³/mol. The van der Waals surface area contributed by atoms with E-state index in [2.05, 4.69) is 10.5 Å². The van der Waals surface area contributed by atoms with Crippen LogP contribution in [-0.2, 0) is 0 Å². The Morgan fingerprint density at radius 3 is 3.00 bits per heavy atom. The Kier molecular flexibility index (Phi) is 4.43. The fourth-order valence-corrected chi connectivity index (χ4v) is 1.04. The number of rotatable bonds is 5. The second kappa shape index (κ2) is 5.87. The second-order valence-electron chi connectivity index (χ2n) is 2.79. The smallest absolute Gasteiger partial charge is 0.166 e. The minimum Gasteiger partial charge on any atom is -0.504 e. The number of benzene rings is 1. The van der Waals surface area contributed by atoms with Crippen LogP contribution < -0.4 is 10.2 Å². The number of aliphatic hydroxyl groups is 1. The SMILES string of the molecule is COc1cccc(C=NNCCO)c1O. The predicted octanol–water partition coefficient (Wildman–Crippen LogP) is 0.317. The molecule has 5 nitrogen and oxygen atoms in total. The third-order valence-electron chi connectivity index (χ3n) is 1.77. The number of hydrogen-bond donors (Lipinski definition) is 3. The summed E-state index contributed by atoms with van der Waals surface area (Å²) in [6.07, 6.45) is 1.47. The van der Waals surface area contributed by atoms with Gasteiger partial charge in [-0.1, -0.05) is 6.07 Å². The normalized spacial score (nSPS) is 10.5. The molecule has 0 aliphatic rings. The van der Waals surface area contributed by atoms with Gasteiger partial charge in [0.05, 0.1) is 26.5 Å². The number of hydrazone groups is 1. The first-order valence-electron chi connectivity index (χ1n) is 4.52. The minimum absolute atomic E-state index is 0.0153. The van der Waals surface area contributed by atoms with Gasteiger partial charge < -0.3 is 20.4 Å². The number of para-hydroxylation sites is 1. The van der Waals surface area contributed by atoms with Crippen LogP contribution >= 0.6 is 0 Å². The minimum atomic E-state index is 0.0153. The van der Waals surface area contributed by atoms with Gasteiger partial charge in [0.15, 0.2) is 11.5 Å². The molecule has 82 valence electrons. The van der Waals surface area contributed by atoms with Gasteiger partial charge in [-0.25, -0.2) is 0 Å². The van der Waals surface area contributed by atoms with Gasteiger partial charge in [0.2, 0.25) is 0 Å². The van der Waals surface area contributed by atoms with Crippen LogP contribution in [0.2, 0.25) is 0 Å². The van der Waals surface area contributed by atoms with Crippen LogP contribution in [0.4, 0.5) is 0 Å². The van der Waals surface area contributed by atoms with E-state index in [1.54, 1.807) is 18.2 Å². The molecule has 1 aromatic carbocycles. The van der Waals surface area contributed by atoms with Crippen LogP contribution in [0.15, 0.2) is 23.3 Å². The average molecular weight is 210 g/mol. The van der Waals surface area contributed by atoms with E-state index in [1.807, 2.05) is 0 Å². The molecule has 0 fully saturated rings. The topological polar surface area (TPSA) is 74.1 Å². The molecule has 0 unspecified atom stereocenters. The van der Waals surface area contributed by atoms with Gasteiger partial charge in [-0.2, -0.15) is 5.10 Å². The van der Waals surface area contributed by atoms with Crippen LogP contribution in [0.1, 0.15) is 5.56 Å². The number of methoxy groups -OCH3 is 1. The van der Waals surface area contributed by atoms with Gasteiger partial charge in [0.1, 0.15) is 0 Å². The molecule has 1 rings (SSSR count). The van der Waals surface area contributed by atoms with Crippen molar-refractivity contribution in [1.29, 1.82) is 0 Å². The maximum absolute atomic E-state index is 9.65. The number of nitrogens with zero attached hydrogens (tertiary/aromatic N) is 1. The van der Waals surface area contributed by atoms with Crippen LogP contribution in [0, 0.1) is 0 Å². The van der Waals surface area contributed by atoms with Gasteiger partial charge in [-0.05, 0) is 12.1 Å². The molecule has 0 aliphatic carbocycles. The number of aromatic hydroxyl groups is 1. The van der Waals surface area contributed by atoms with Crippen molar-refractivity contribution in [2.75, 3.05) is 20.3 Å². The maximum Gasteiger partial charge on any atom is 0.166 e. The second-order valence-corrected chi connectivity index (χ2v) is 2.79. The molecule has 1 aromatic rings. The summed E-state index contributed by atoms with van der Waals surface area (Å²) in [4.78, 5) is 0. The monoisotopic (exact) mass is 210 g/mol. The lowest BCUT2D eigenvalue weighted by Crippen LogP contribution is -2.11. The summed E-state index contributed by atoms with van der Waals surface area (Å²) >= 11 is 0. The molecule has 0 saturated carbocycles. The highest BCUT2D eigenvalue weighted by atomic mass is 16.5.